The van der Waals surface area contributed by atoms with E-state index >= 15 is 0 Å². The molecule has 2 aromatic heterocycles. The second-order valence-corrected chi connectivity index (χ2v) is 7.41. The monoisotopic (exact) mass is 393 g/mol. The summed E-state index contributed by atoms with van der Waals surface area (Å²) in [6, 6.07) is 12.6. The number of aromatic nitrogens is 2. The van der Waals surface area contributed by atoms with Gasteiger partial charge in [-0.15, -0.1) is 0 Å². The summed E-state index contributed by atoms with van der Waals surface area (Å²) in [5.41, 5.74) is 5.30. The maximum absolute atomic E-state index is 11.5. The van der Waals surface area contributed by atoms with E-state index in [0.717, 1.165) is 42.1 Å². The highest BCUT2D eigenvalue weighted by atomic mass is 16.1. The Morgan fingerprint density at radius 2 is 1.72 bits per heavy atom. The molecule has 0 spiro atoms. The number of imidazole rings is 1. The van der Waals surface area contributed by atoms with Gasteiger partial charge in [-0.3, -0.25) is 4.79 Å². The number of amides is 1. The molecule has 6 heteroatoms. The number of anilines is 2. The number of rotatable bonds is 9. The molecule has 1 aromatic carbocycles. The van der Waals surface area contributed by atoms with Crippen molar-refractivity contribution in [2.75, 3.05) is 43.5 Å². The number of pyridine rings is 1. The molecule has 0 atom stereocenters. The van der Waals surface area contributed by atoms with Gasteiger partial charge in [0.15, 0.2) is 0 Å². The zero-order valence-corrected chi connectivity index (χ0v) is 17.9. The summed E-state index contributed by atoms with van der Waals surface area (Å²) in [6.45, 7) is 6.43. The van der Waals surface area contributed by atoms with Crippen molar-refractivity contribution in [3.63, 3.8) is 0 Å². The van der Waals surface area contributed by atoms with E-state index in [1.165, 1.54) is 5.69 Å². The predicted molar refractivity (Wildman–Crippen MR) is 121 cm³/mol. The molecule has 0 radical (unpaired) electrons. The first kappa shape index (κ1) is 20.7. The zero-order valence-electron chi connectivity index (χ0n) is 17.9. The van der Waals surface area contributed by atoms with Gasteiger partial charge in [-0.05, 0) is 30.7 Å². The molecular formula is C23H31N5O. The van der Waals surface area contributed by atoms with E-state index in [1.807, 2.05) is 21.0 Å². The summed E-state index contributed by atoms with van der Waals surface area (Å²) in [5.74, 6) is 0.0939. The second-order valence-electron chi connectivity index (χ2n) is 7.41. The standard InChI is InChI=1S/C23H31N5O/c1-5-14-27(15-13-24-23(29)6-2)20-11-12-22-25-21(17-28(22)16-20)18-7-9-19(10-8-18)26(3)4/h7-12,16-17H,5-6,13-15H2,1-4H3,(H,24,29). The molecule has 0 fully saturated rings. The normalized spacial score (nSPS) is 10.9. The Balaban J connectivity index is 1.80. The molecule has 154 valence electrons. The number of benzene rings is 1. The van der Waals surface area contributed by atoms with Crippen LogP contribution in [0.1, 0.15) is 26.7 Å². The fourth-order valence-corrected chi connectivity index (χ4v) is 3.33. The third kappa shape index (κ3) is 5.08. The Morgan fingerprint density at radius 1 is 1.00 bits per heavy atom. The van der Waals surface area contributed by atoms with Crippen molar-refractivity contribution in [1.82, 2.24) is 14.7 Å². The summed E-state index contributed by atoms with van der Waals surface area (Å²) in [7, 11) is 4.08. The highest BCUT2D eigenvalue weighted by Crippen LogP contribution is 2.24. The Labute approximate surface area is 173 Å². The summed E-state index contributed by atoms with van der Waals surface area (Å²) in [5, 5.41) is 2.96. The Hall–Kier alpha value is -3.02. The molecule has 1 amide bonds. The molecule has 29 heavy (non-hydrogen) atoms. The van der Waals surface area contributed by atoms with E-state index in [0.29, 0.717) is 13.0 Å². The minimum atomic E-state index is 0.0939. The van der Waals surface area contributed by atoms with Gasteiger partial charge in [0.25, 0.3) is 0 Å². The van der Waals surface area contributed by atoms with Gasteiger partial charge in [-0.1, -0.05) is 26.0 Å². The second kappa shape index (κ2) is 9.45. The molecule has 0 bridgehead atoms. The zero-order chi connectivity index (χ0) is 20.8. The van der Waals surface area contributed by atoms with Gasteiger partial charge in [0.1, 0.15) is 5.65 Å². The first-order valence-corrected chi connectivity index (χ1v) is 10.3. The smallest absolute Gasteiger partial charge is 0.219 e. The molecule has 0 saturated carbocycles. The van der Waals surface area contributed by atoms with Crippen LogP contribution in [-0.4, -0.2) is 49.0 Å². The maximum Gasteiger partial charge on any atom is 0.219 e. The molecule has 0 unspecified atom stereocenters. The van der Waals surface area contributed by atoms with E-state index in [4.69, 9.17) is 4.98 Å². The predicted octanol–water partition coefficient (Wildman–Crippen LogP) is 3.81. The lowest BCUT2D eigenvalue weighted by Crippen LogP contribution is -2.35. The average Bonchev–Trinajstić information content (AvgIpc) is 3.16. The molecule has 3 rings (SSSR count). The average molecular weight is 394 g/mol. The Bertz CT molecular complexity index is 946. The molecule has 2 heterocycles. The number of hydrogen-bond donors (Lipinski definition) is 1. The summed E-state index contributed by atoms with van der Waals surface area (Å²) in [4.78, 5) is 20.7. The molecule has 0 aliphatic rings. The topological polar surface area (TPSA) is 52.9 Å². The quantitative estimate of drug-likeness (QED) is 0.601. The van der Waals surface area contributed by atoms with Gasteiger partial charge < -0.3 is 19.5 Å². The van der Waals surface area contributed by atoms with Crippen LogP contribution >= 0.6 is 0 Å². The van der Waals surface area contributed by atoms with Crippen LogP contribution in [-0.2, 0) is 4.79 Å². The van der Waals surface area contributed by atoms with E-state index in [2.05, 4.69) is 75.2 Å². The fraction of sp³-hybridized carbons (Fsp3) is 0.391. The van der Waals surface area contributed by atoms with Crippen LogP contribution in [0.2, 0.25) is 0 Å². The molecule has 0 aliphatic heterocycles. The molecule has 3 aromatic rings. The van der Waals surface area contributed by atoms with Gasteiger partial charge in [0.05, 0.1) is 11.4 Å². The first-order chi connectivity index (χ1) is 14.0. The van der Waals surface area contributed by atoms with Crippen molar-refractivity contribution in [3.05, 3.63) is 48.8 Å². The van der Waals surface area contributed by atoms with Crippen molar-refractivity contribution < 1.29 is 4.79 Å². The molecule has 0 aliphatic carbocycles. The van der Waals surface area contributed by atoms with Gasteiger partial charge in [-0.25, -0.2) is 4.98 Å². The molecular weight excluding hydrogens is 362 g/mol. The van der Waals surface area contributed by atoms with Gasteiger partial charge >= 0.3 is 0 Å². The van der Waals surface area contributed by atoms with Crippen LogP contribution in [0.5, 0.6) is 0 Å². The Kier molecular flexibility index (Phi) is 6.75. The lowest BCUT2D eigenvalue weighted by molar-refractivity contribution is -0.120. The van der Waals surface area contributed by atoms with Crippen LogP contribution in [0.4, 0.5) is 11.4 Å². The lowest BCUT2D eigenvalue weighted by Gasteiger charge is -2.24. The third-order valence-corrected chi connectivity index (χ3v) is 5.00. The summed E-state index contributed by atoms with van der Waals surface area (Å²) in [6.07, 6.45) is 5.77. The first-order valence-electron chi connectivity index (χ1n) is 10.3. The van der Waals surface area contributed by atoms with Crippen molar-refractivity contribution in [2.45, 2.75) is 26.7 Å². The number of carbonyl (C=O) groups excluding carboxylic acids is 1. The third-order valence-electron chi connectivity index (χ3n) is 5.00. The van der Waals surface area contributed by atoms with Crippen LogP contribution < -0.4 is 15.1 Å². The number of nitrogens with one attached hydrogen (secondary N) is 1. The van der Waals surface area contributed by atoms with Gasteiger partial charge in [0, 0.05) is 63.8 Å². The minimum Gasteiger partial charge on any atom is -0.378 e. The van der Waals surface area contributed by atoms with Crippen molar-refractivity contribution >= 4 is 22.9 Å². The lowest BCUT2D eigenvalue weighted by atomic mass is 10.1. The van der Waals surface area contributed by atoms with Crippen LogP contribution in [0.15, 0.2) is 48.8 Å². The van der Waals surface area contributed by atoms with Crippen LogP contribution in [0, 0.1) is 0 Å². The van der Waals surface area contributed by atoms with Crippen LogP contribution in [0.25, 0.3) is 16.9 Å². The summed E-state index contributed by atoms with van der Waals surface area (Å²) < 4.78 is 2.08. The molecule has 6 nitrogen and oxygen atoms in total. The highest BCUT2D eigenvalue weighted by Gasteiger charge is 2.10. The number of hydrogen-bond acceptors (Lipinski definition) is 4. The van der Waals surface area contributed by atoms with Crippen molar-refractivity contribution in [3.8, 4) is 11.3 Å². The molecule has 1 N–H and O–H groups in total. The van der Waals surface area contributed by atoms with E-state index in [9.17, 15) is 4.79 Å². The van der Waals surface area contributed by atoms with Crippen LogP contribution in [0.3, 0.4) is 0 Å². The number of nitrogens with zero attached hydrogens (tertiary/aromatic N) is 4. The fourth-order valence-electron chi connectivity index (χ4n) is 3.33. The number of carbonyl (C=O) groups is 1. The Morgan fingerprint density at radius 3 is 2.38 bits per heavy atom. The van der Waals surface area contributed by atoms with E-state index in [-0.39, 0.29) is 5.91 Å². The van der Waals surface area contributed by atoms with E-state index < -0.39 is 0 Å². The van der Waals surface area contributed by atoms with Gasteiger partial charge in [-0.2, -0.15) is 0 Å². The maximum atomic E-state index is 11.5. The minimum absolute atomic E-state index is 0.0939. The van der Waals surface area contributed by atoms with Crippen molar-refractivity contribution in [2.24, 2.45) is 0 Å². The SMILES string of the molecule is CCCN(CCNC(=O)CC)c1ccc2nc(-c3ccc(N(C)C)cc3)cn2c1. The molecule has 0 saturated heterocycles. The largest absolute Gasteiger partial charge is 0.378 e. The summed E-state index contributed by atoms with van der Waals surface area (Å²) >= 11 is 0. The van der Waals surface area contributed by atoms with Gasteiger partial charge in [0.2, 0.25) is 5.91 Å². The van der Waals surface area contributed by atoms with Crippen molar-refractivity contribution in [1.29, 1.82) is 0 Å². The number of fused-ring (bicyclic) bond motifs is 1. The van der Waals surface area contributed by atoms with E-state index in [1.54, 1.807) is 0 Å². The highest BCUT2D eigenvalue weighted by molar-refractivity contribution is 5.75.